The first kappa shape index (κ1) is 28.7. The molecule has 5 aliphatic rings. The van der Waals surface area contributed by atoms with Crippen LogP contribution in [0.3, 0.4) is 0 Å². The van der Waals surface area contributed by atoms with Gasteiger partial charge in [0.15, 0.2) is 0 Å². The second-order valence-electron chi connectivity index (χ2n) is 15.7. The average molecular weight is 525 g/mol. The van der Waals surface area contributed by atoms with Gasteiger partial charge in [0.1, 0.15) is 6.10 Å². The molecule has 2 heteroatoms. The first-order chi connectivity index (χ1) is 18.2. The smallest absolute Gasteiger partial charge is 0.306 e. The molecular weight excluding hydrogens is 464 g/mol. The van der Waals surface area contributed by atoms with Crippen molar-refractivity contribution in [3.8, 4) is 0 Å². The van der Waals surface area contributed by atoms with Gasteiger partial charge in [0, 0.05) is 12.8 Å². The third kappa shape index (κ3) is 5.81. The minimum absolute atomic E-state index is 0.0754. The molecule has 0 heterocycles. The highest BCUT2D eigenvalue weighted by Crippen LogP contribution is 2.67. The molecule has 216 valence electrons. The van der Waals surface area contributed by atoms with Crippen molar-refractivity contribution in [2.75, 3.05) is 0 Å². The maximum Gasteiger partial charge on any atom is 0.306 e. The Balaban J connectivity index is 1.17. The highest BCUT2D eigenvalue weighted by Gasteiger charge is 2.59. The van der Waals surface area contributed by atoms with Crippen LogP contribution >= 0.6 is 0 Å². The van der Waals surface area contributed by atoms with E-state index in [1.165, 1.54) is 89.9 Å². The van der Waals surface area contributed by atoms with E-state index < -0.39 is 0 Å². The number of hydrogen-bond acceptors (Lipinski definition) is 2. The predicted molar refractivity (Wildman–Crippen MR) is 159 cm³/mol. The summed E-state index contributed by atoms with van der Waals surface area (Å²) < 4.78 is 6.11. The molecule has 5 rings (SSSR count). The quantitative estimate of drug-likeness (QED) is 0.221. The lowest BCUT2D eigenvalue weighted by molar-refractivity contribution is -0.152. The molecule has 0 spiro atoms. The summed E-state index contributed by atoms with van der Waals surface area (Å²) in [6.45, 7) is 12.6. The third-order valence-corrected chi connectivity index (χ3v) is 13.0. The van der Waals surface area contributed by atoms with E-state index in [0.717, 1.165) is 60.7 Å². The predicted octanol–water partition coefficient (Wildman–Crippen LogP) is 10.3. The molecule has 0 aromatic rings. The zero-order valence-electron chi connectivity index (χ0n) is 25.7. The lowest BCUT2D eigenvalue weighted by Crippen LogP contribution is -2.51. The Morgan fingerprint density at radius 3 is 2.50 bits per heavy atom. The summed E-state index contributed by atoms with van der Waals surface area (Å²) in [4.78, 5) is 12.7. The first-order valence-electron chi connectivity index (χ1n) is 17.1. The Labute approximate surface area is 235 Å². The zero-order valence-corrected chi connectivity index (χ0v) is 25.7. The number of ether oxygens (including phenoxy) is 1. The molecule has 0 aromatic carbocycles. The van der Waals surface area contributed by atoms with E-state index in [1.807, 2.05) is 0 Å². The number of rotatable bonds is 9. The summed E-state index contributed by atoms with van der Waals surface area (Å²) in [5, 5.41) is 0. The van der Waals surface area contributed by atoms with E-state index in [-0.39, 0.29) is 12.1 Å². The van der Waals surface area contributed by atoms with Gasteiger partial charge in [-0.05, 0) is 104 Å². The van der Waals surface area contributed by atoms with Crippen molar-refractivity contribution in [3.05, 3.63) is 11.6 Å². The number of carbonyl (C=O) groups is 1. The molecule has 0 aromatic heterocycles. The molecule has 0 bridgehead atoms. The van der Waals surface area contributed by atoms with Crippen molar-refractivity contribution in [1.82, 2.24) is 0 Å². The van der Waals surface area contributed by atoms with Crippen molar-refractivity contribution >= 4 is 5.97 Å². The molecule has 8 atom stereocenters. The molecule has 0 unspecified atom stereocenters. The summed E-state index contributed by atoms with van der Waals surface area (Å²) in [5.41, 5.74) is 2.55. The van der Waals surface area contributed by atoms with Gasteiger partial charge in [-0.2, -0.15) is 0 Å². The van der Waals surface area contributed by atoms with Crippen molar-refractivity contribution in [2.24, 2.45) is 52.3 Å². The maximum atomic E-state index is 12.7. The van der Waals surface area contributed by atoms with Crippen LogP contribution in [0, 0.1) is 52.3 Å². The molecule has 5 aliphatic carbocycles. The van der Waals surface area contributed by atoms with Gasteiger partial charge in [-0.3, -0.25) is 4.79 Å². The summed E-state index contributed by atoms with van der Waals surface area (Å²) in [5.74, 6) is 6.14. The molecule has 0 amide bonds. The first-order valence-corrected chi connectivity index (χ1v) is 17.1. The van der Waals surface area contributed by atoms with Crippen LogP contribution in [0.15, 0.2) is 11.6 Å². The SMILES string of the molecule is CC(C)CCC[C@H](C)[C@@H]1CC[C@H]2[C@H]3CC=C4C[C@@H](OC(=O)CCC5CCCCC5)CC[C@]4(C)[C@@H]3CC[C@@]21C. The van der Waals surface area contributed by atoms with E-state index in [0.29, 0.717) is 17.3 Å². The molecule has 0 radical (unpaired) electrons. The number of hydrogen-bond donors (Lipinski definition) is 0. The standard InChI is InChI=1S/C36H60O2/c1-25(2)10-9-11-26(3)31-17-18-32-30-16-15-28-24-29(38-34(37)19-14-27-12-7-6-8-13-27)20-22-35(28,4)33(30)21-23-36(31,32)5/h15,25-27,29-33H,6-14,16-24H2,1-5H3/t26-,29-,30+,31-,32-,33+,35-,36+/m0/s1. The highest BCUT2D eigenvalue weighted by molar-refractivity contribution is 5.69. The van der Waals surface area contributed by atoms with Gasteiger partial charge in [0.25, 0.3) is 0 Å². The fourth-order valence-corrected chi connectivity index (χ4v) is 10.8. The van der Waals surface area contributed by atoms with Crippen molar-refractivity contribution in [2.45, 2.75) is 156 Å². The number of fused-ring (bicyclic) bond motifs is 5. The average Bonchev–Trinajstić information content (AvgIpc) is 3.25. The maximum absolute atomic E-state index is 12.7. The van der Waals surface area contributed by atoms with E-state index in [1.54, 1.807) is 5.57 Å². The molecule has 2 nitrogen and oxygen atoms in total. The lowest BCUT2D eigenvalue weighted by atomic mass is 9.47. The van der Waals surface area contributed by atoms with Crippen molar-refractivity contribution in [1.29, 1.82) is 0 Å². The van der Waals surface area contributed by atoms with Gasteiger partial charge in [0.2, 0.25) is 0 Å². The van der Waals surface area contributed by atoms with E-state index >= 15 is 0 Å². The third-order valence-electron chi connectivity index (χ3n) is 13.0. The minimum Gasteiger partial charge on any atom is -0.462 e. The van der Waals surface area contributed by atoms with Crippen LogP contribution in [0.1, 0.15) is 150 Å². The monoisotopic (exact) mass is 524 g/mol. The van der Waals surface area contributed by atoms with Gasteiger partial charge >= 0.3 is 5.97 Å². The van der Waals surface area contributed by atoms with Gasteiger partial charge in [0.05, 0.1) is 0 Å². The normalized spacial score (nSPS) is 40.2. The molecule has 38 heavy (non-hydrogen) atoms. The largest absolute Gasteiger partial charge is 0.462 e. The van der Waals surface area contributed by atoms with E-state index in [2.05, 4.69) is 40.7 Å². The number of carbonyl (C=O) groups excluding carboxylic acids is 1. The second-order valence-corrected chi connectivity index (χ2v) is 15.7. The van der Waals surface area contributed by atoms with Crippen LogP contribution in [-0.2, 0) is 9.53 Å². The fraction of sp³-hybridized carbons (Fsp3) is 0.917. The van der Waals surface area contributed by atoms with Crippen LogP contribution in [0.2, 0.25) is 0 Å². The fourth-order valence-electron chi connectivity index (χ4n) is 10.8. The topological polar surface area (TPSA) is 26.3 Å². The molecule has 4 fully saturated rings. The Bertz CT molecular complexity index is 836. The van der Waals surface area contributed by atoms with Gasteiger partial charge in [-0.25, -0.2) is 0 Å². The van der Waals surface area contributed by atoms with Crippen LogP contribution < -0.4 is 0 Å². The van der Waals surface area contributed by atoms with Gasteiger partial charge in [-0.15, -0.1) is 0 Å². The van der Waals surface area contributed by atoms with Crippen molar-refractivity contribution in [3.63, 3.8) is 0 Å². The summed E-state index contributed by atoms with van der Waals surface area (Å²) in [6, 6.07) is 0. The van der Waals surface area contributed by atoms with E-state index in [9.17, 15) is 4.79 Å². The molecule has 0 N–H and O–H groups in total. The number of allylic oxidation sites excluding steroid dienone is 1. The Morgan fingerprint density at radius 2 is 1.74 bits per heavy atom. The van der Waals surface area contributed by atoms with Gasteiger partial charge < -0.3 is 4.74 Å². The van der Waals surface area contributed by atoms with Crippen LogP contribution in [0.25, 0.3) is 0 Å². The van der Waals surface area contributed by atoms with Crippen molar-refractivity contribution < 1.29 is 9.53 Å². The Hall–Kier alpha value is -0.790. The minimum atomic E-state index is 0.0754. The number of esters is 1. The Morgan fingerprint density at radius 1 is 0.947 bits per heavy atom. The van der Waals surface area contributed by atoms with Crippen LogP contribution in [0.4, 0.5) is 0 Å². The summed E-state index contributed by atoms with van der Waals surface area (Å²) in [6.07, 6.45) is 25.8. The second kappa shape index (κ2) is 12.0. The highest BCUT2D eigenvalue weighted by atomic mass is 16.5. The lowest BCUT2D eigenvalue weighted by Gasteiger charge is -2.58. The van der Waals surface area contributed by atoms with Gasteiger partial charge in [-0.1, -0.05) is 97.6 Å². The zero-order chi connectivity index (χ0) is 26.9. The van der Waals surface area contributed by atoms with E-state index in [4.69, 9.17) is 4.74 Å². The Kier molecular flexibility index (Phi) is 9.06. The molecular formula is C36H60O2. The van der Waals surface area contributed by atoms with Crippen LogP contribution in [0.5, 0.6) is 0 Å². The van der Waals surface area contributed by atoms with Crippen LogP contribution in [-0.4, -0.2) is 12.1 Å². The molecule has 0 saturated heterocycles. The summed E-state index contributed by atoms with van der Waals surface area (Å²) >= 11 is 0. The summed E-state index contributed by atoms with van der Waals surface area (Å²) in [7, 11) is 0. The molecule has 4 saturated carbocycles. The molecule has 0 aliphatic heterocycles.